The van der Waals surface area contributed by atoms with E-state index in [1.165, 1.54) is 12.0 Å². The van der Waals surface area contributed by atoms with Gasteiger partial charge in [0.25, 0.3) is 5.91 Å². The number of hydrogen-bond acceptors (Lipinski definition) is 4. The third-order valence-corrected chi connectivity index (χ3v) is 6.04. The Kier molecular flexibility index (Phi) is 6.67. The quantitative estimate of drug-likeness (QED) is 0.728. The molecule has 1 amide bonds. The van der Waals surface area contributed by atoms with Crippen LogP contribution in [0.2, 0.25) is 5.02 Å². The molecule has 0 unspecified atom stereocenters. The van der Waals surface area contributed by atoms with E-state index in [9.17, 15) is 4.79 Å². The van der Waals surface area contributed by atoms with Crippen molar-refractivity contribution in [2.45, 2.75) is 44.8 Å². The molecule has 2 aliphatic heterocycles. The molecule has 1 aromatic carbocycles. The van der Waals surface area contributed by atoms with Gasteiger partial charge in [0.1, 0.15) is 11.9 Å². The third kappa shape index (κ3) is 5.28. The van der Waals surface area contributed by atoms with E-state index >= 15 is 0 Å². The van der Waals surface area contributed by atoms with Gasteiger partial charge in [-0.1, -0.05) is 11.6 Å². The first-order valence-corrected chi connectivity index (χ1v) is 10.9. The molecule has 2 fully saturated rings. The Morgan fingerprint density at radius 3 is 2.48 bits per heavy atom. The van der Waals surface area contributed by atoms with Gasteiger partial charge in [0, 0.05) is 50.1 Å². The molecular weight excluding hydrogens is 386 g/mol. The molecule has 0 bridgehead atoms. The average Bonchev–Trinajstić information content (AvgIpc) is 2.76. The van der Waals surface area contributed by atoms with Gasteiger partial charge in [-0.3, -0.25) is 14.7 Å². The van der Waals surface area contributed by atoms with Gasteiger partial charge in [0.2, 0.25) is 0 Å². The maximum Gasteiger partial charge on any atom is 0.257 e. The number of carbonyl (C=O) groups is 1. The molecule has 5 nitrogen and oxygen atoms in total. The molecule has 0 radical (unpaired) electrons. The molecule has 29 heavy (non-hydrogen) atoms. The predicted molar refractivity (Wildman–Crippen MR) is 114 cm³/mol. The highest BCUT2D eigenvalue weighted by Crippen LogP contribution is 2.29. The molecule has 4 rings (SSSR count). The predicted octanol–water partition coefficient (Wildman–Crippen LogP) is 4.40. The lowest BCUT2D eigenvalue weighted by Crippen LogP contribution is -2.38. The summed E-state index contributed by atoms with van der Waals surface area (Å²) in [6.07, 6.45) is 9.01. The highest BCUT2D eigenvalue weighted by molar-refractivity contribution is 6.30. The fraction of sp³-hybridized carbons (Fsp3) is 0.478. The number of amides is 1. The van der Waals surface area contributed by atoms with Crippen LogP contribution in [-0.4, -0.2) is 53.0 Å². The molecule has 0 aliphatic carbocycles. The van der Waals surface area contributed by atoms with Crippen molar-refractivity contribution in [1.82, 2.24) is 14.8 Å². The van der Waals surface area contributed by atoms with Crippen LogP contribution in [0, 0.1) is 0 Å². The lowest BCUT2D eigenvalue weighted by Gasteiger charge is -2.33. The van der Waals surface area contributed by atoms with Crippen LogP contribution in [0.4, 0.5) is 0 Å². The minimum atomic E-state index is 0.0616. The van der Waals surface area contributed by atoms with Crippen molar-refractivity contribution in [3.8, 4) is 5.75 Å². The van der Waals surface area contributed by atoms with E-state index in [0.717, 1.165) is 58.4 Å². The topological polar surface area (TPSA) is 45.7 Å². The number of halogens is 1. The number of aromatic nitrogens is 1. The number of likely N-dealkylation sites (tertiary alicyclic amines) is 2. The molecule has 154 valence electrons. The summed E-state index contributed by atoms with van der Waals surface area (Å²) in [7, 11) is 0. The molecule has 0 saturated carbocycles. The smallest absolute Gasteiger partial charge is 0.257 e. The maximum atomic E-state index is 13.0. The highest BCUT2D eigenvalue weighted by atomic mass is 35.5. The molecule has 2 aliphatic rings. The Morgan fingerprint density at radius 1 is 1.03 bits per heavy atom. The lowest BCUT2D eigenvalue weighted by molar-refractivity contribution is 0.0702. The highest BCUT2D eigenvalue weighted by Gasteiger charge is 2.25. The molecule has 2 aromatic rings. The largest absolute Gasteiger partial charge is 0.489 e. The second kappa shape index (κ2) is 9.59. The Labute approximate surface area is 177 Å². The van der Waals surface area contributed by atoms with Crippen LogP contribution in [0.5, 0.6) is 5.75 Å². The van der Waals surface area contributed by atoms with Gasteiger partial charge < -0.3 is 9.64 Å². The van der Waals surface area contributed by atoms with E-state index in [1.54, 1.807) is 12.1 Å². The summed E-state index contributed by atoms with van der Waals surface area (Å²) in [5, 5.41) is 0.602. The Morgan fingerprint density at radius 2 is 1.76 bits per heavy atom. The van der Waals surface area contributed by atoms with Crippen molar-refractivity contribution in [1.29, 1.82) is 0 Å². The Bertz CT molecular complexity index is 816. The van der Waals surface area contributed by atoms with Crippen LogP contribution in [0.25, 0.3) is 0 Å². The molecule has 0 N–H and O–H groups in total. The lowest BCUT2D eigenvalue weighted by atomic mass is 10.1. The average molecular weight is 414 g/mol. The fourth-order valence-electron chi connectivity index (χ4n) is 4.15. The van der Waals surface area contributed by atoms with Gasteiger partial charge in [0.05, 0.1) is 5.56 Å². The van der Waals surface area contributed by atoms with Gasteiger partial charge in [-0.05, 0) is 68.0 Å². The van der Waals surface area contributed by atoms with E-state index in [1.807, 2.05) is 23.4 Å². The van der Waals surface area contributed by atoms with Crippen LogP contribution < -0.4 is 4.74 Å². The summed E-state index contributed by atoms with van der Waals surface area (Å²) < 4.78 is 6.31. The van der Waals surface area contributed by atoms with Crippen molar-refractivity contribution >= 4 is 17.5 Å². The fourth-order valence-corrected chi connectivity index (χ4v) is 4.31. The summed E-state index contributed by atoms with van der Waals surface area (Å²) in [5.74, 6) is 0.687. The third-order valence-electron chi connectivity index (χ3n) is 5.80. The number of pyridine rings is 1. The summed E-state index contributed by atoms with van der Waals surface area (Å²) >= 11 is 6.22. The van der Waals surface area contributed by atoms with Gasteiger partial charge >= 0.3 is 0 Å². The van der Waals surface area contributed by atoms with E-state index in [0.29, 0.717) is 16.3 Å². The first-order chi connectivity index (χ1) is 14.2. The zero-order valence-corrected chi connectivity index (χ0v) is 17.5. The number of nitrogens with zero attached hydrogens (tertiary/aromatic N) is 3. The van der Waals surface area contributed by atoms with Gasteiger partial charge in [0.15, 0.2) is 0 Å². The first-order valence-electron chi connectivity index (χ1n) is 10.6. The monoisotopic (exact) mass is 413 g/mol. The zero-order chi connectivity index (χ0) is 20.1. The van der Waals surface area contributed by atoms with E-state index in [-0.39, 0.29) is 12.0 Å². The van der Waals surface area contributed by atoms with Crippen molar-refractivity contribution in [3.05, 3.63) is 58.9 Å². The maximum absolute atomic E-state index is 13.0. The van der Waals surface area contributed by atoms with E-state index in [4.69, 9.17) is 16.3 Å². The SMILES string of the molecule is O=C(c1ccc(Cl)cc1OC1CCN(Cc2ccncc2)CC1)N1CCCCC1. The van der Waals surface area contributed by atoms with Crippen LogP contribution in [0.3, 0.4) is 0 Å². The number of piperidine rings is 2. The van der Waals surface area contributed by atoms with Crippen molar-refractivity contribution in [2.75, 3.05) is 26.2 Å². The Hall–Kier alpha value is -2.11. The second-order valence-corrected chi connectivity index (χ2v) is 8.38. The van der Waals surface area contributed by atoms with Crippen LogP contribution in [0.15, 0.2) is 42.7 Å². The number of benzene rings is 1. The summed E-state index contributed by atoms with van der Waals surface area (Å²) in [6.45, 7) is 4.54. The standard InChI is InChI=1S/C23H28ClN3O2/c24-19-4-5-21(23(28)27-12-2-1-3-13-27)22(16-19)29-20-8-14-26(15-9-20)17-18-6-10-25-11-7-18/h4-7,10-11,16,20H,1-3,8-9,12-15,17H2. The van der Waals surface area contributed by atoms with Crippen molar-refractivity contribution < 1.29 is 9.53 Å². The van der Waals surface area contributed by atoms with Gasteiger partial charge in [-0.25, -0.2) is 0 Å². The van der Waals surface area contributed by atoms with Crippen LogP contribution in [0.1, 0.15) is 48.0 Å². The minimum Gasteiger partial charge on any atom is -0.489 e. The van der Waals surface area contributed by atoms with Gasteiger partial charge in [-0.15, -0.1) is 0 Å². The molecule has 0 spiro atoms. The number of rotatable bonds is 5. The zero-order valence-electron chi connectivity index (χ0n) is 16.7. The molecule has 2 saturated heterocycles. The Balaban J connectivity index is 1.38. The van der Waals surface area contributed by atoms with E-state index in [2.05, 4.69) is 22.0 Å². The van der Waals surface area contributed by atoms with Crippen LogP contribution in [-0.2, 0) is 6.54 Å². The van der Waals surface area contributed by atoms with Crippen LogP contribution >= 0.6 is 11.6 Å². The number of ether oxygens (including phenoxy) is 1. The van der Waals surface area contributed by atoms with E-state index < -0.39 is 0 Å². The number of carbonyl (C=O) groups excluding carboxylic acids is 1. The number of hydrogen-bond donors (Lipinski definition) is 0. The summed E-state index contributed by atoms with van der Waals surface area (Å²) in [4.78, 5) is 21.5. The van der Waals surface area contributed by atoms with Crippen molar-refractivity contribution in [3.63, 3.8) is 0 Å². The molecule has 6 heteroatoms. The van der Waals surface area contributed by atoms with Crippen molar-refractivity contribution in [2.24, 2.45) is 0 Å². The molecule has 3 heterocycles. The minimum absolute atomic E-state index is 0.0616. The molecule has 0 atom stereocenters. The molecular formula is C23H28ClN3O2. The summed E-state index contributed by atoms with van der Waals surface area (Å²) in [6, 6.07) is 9.51. The summed E-state index contributed by atoms with van der Waals surface area (Å²) in [5.41, 5.74) is 1.92. The second-order valence-electron chi connectivity index (χ2n) is 7.94. The molecule has 1 aromatic heterocycles. The van der Waals surface area contributed by atoms with Gasteiger partial charge in [-0.2, -0.15) is 0 Å². The first kappa shape index (κ1) is 20.2. The normalized spacial score (nSPS) is 18.6.